The summed E-state index contributed by atoms with van der Waals surface area (Å²) in [7, 11) is -3.36. The van der Waals surface area contributed by atoms with Crippen LogP contribution in [0.5, 0.6) is 0 Å². The summed E-state index contributed by atoms with van der Waals surface area (Å²) >= 11 is 0. The normalized spacial score (nSPS) is 14.0. The van der Waals surface area contributed by atoms with E-state index in [1.165, 1.54) is 12.4 Å². The maximum absolute atomic E-state index is 11.5. The molecular formula is C17H18N6O4S. The van der Waals surface area contributed by atoms with Crippen molar-refractivity contribution in [2.24, 2.45) is 0 Å². The van der Waals surface area contributed by atoms with Crippen LogP contribution in [0.15, 0.2) is 30.6 Å². The minimum atomic E-state index is -3.36. The molecule has 1 aromatic carbocycles. The third kappa shape index (κ3) is 3.49. The lowest BCUT2D eigenvalue weighted by Crippen LogP contribution is -2.31. The molecule has 0 fully saturated rings. The minimum absolute atomic E-state index is 0.160. The average Bonchev–Trinajstić information content (AvgIpc) is 3.03. The van der Waals surface area contributed by atoms with Crippen molar-refractivity contribution < 1.29 is 18.4 Å². The smallest absolute Gasteiger partial charge is 0.277 e. The molecule has 4 N–H and O–H groups in total. The van der Waals surface area contributed by atoms with Gasteiger partial charge in [0.25, 0.3) is 5.91 Å². The first-order valence-corrected chi connectivity index (χ1v) is 10.4. The fourth-order valence-electron chi connectivity index (χ4n) is 3.33. The molecule has 2 aromatic heterocycles. The van der Waals surface area contributed by atoms with Crippen molar-refractivity contribution in [3.63, 3.8) is 0 Å². The molecule has 28 heavy (non-hydrogen) atoms. The van der Waals surface area contributed by atoms with Crippen molar-refractivity contribution in [1.29, 1.82) is 0 Å². The maximum atomic E-state index is 11.5. The zero-order valence-electron chi connectivity index (χ0n) is 14.9. The maximum Gasteiger partial charge on any atom is 0.277 e. The van der Waals surface area contributed by atoms with Crippen molar-refractivity contribution in [1.82, 2.24) is 20.4 Å². The summed E-state index contributed by atoms with van der Waals surface area (Å²) < 4.78 is 25.5. The number of hydrogen-bond acceptors (Lipinski definition) is 7. The summed E-state index contributed by atoms with van der Waals surface area (Å²) in [5.74, 6) is -0.199. The van der Waals surface area contributed by atoms with E-state index in [0.717, 1.165) is 34.8 Å². The molecule has 3 aromatic rings. The molecule has 0 aliphatic carbocycles. The fraction of sp³-hybridized carbons (Fsp3) is 0.235. The second-order valence-electron chi connectivity index (χ2n) is 6.60. The van der Waals surface area contributed by atoms with E-state index in [4.69, 9.17) is 5.21 Å². The van der Waals surface area contributed by atoms with Gasteiger partial charge in [-0.05, 0) is 18.2 Å². The largest absolute Gasteiger partial charge is 0.358 e. The molecule has 146 valence electrons. The average molecular weight is 402 g/mol. The first kappa shape index (κ1) is 18.2. The highest BCUT2D eigenvalue weighted by atomic mass is 32.2. The van der Waals surface area contributed by atoms with Gasteiger partial charge in [-0.2, -0.15) is 0 Å². The van der Waals surface area contributed by atoms with Crippen LogP contribution in [0, 0.1) is 0 Å². The molecule has 0 spiro atoms. The van der Waals surface area contributed by atoms with Crippen molar-refractivity contribution in [3.05, 3.63) is 47.4 Å². The Kier molecular flexibility index (Phi) is 4.40. The van der Waals surface area contributed by atoms with Gasteiger partial charge in [0.1, 0.15) is 0 Å². The number of carbonyl (C=O) groups excluding carboxylic acids is 1. The van der Waals surface area contributed by atoms with Crippen LogP contribution in [0.2, 0.25) is 0 Å². The van der Waals surface area contributed by atoms with Crippen LogP contribution in [0.1, 0.15) is 21.6 Å². The number of sulfonamides is 1. The van der Waals surface area contributed by atoms with Gasteiger partial charge >= 0.3 is 0 Å². The number of aromatic amines is 1. The summed E-state index contributed by atoms with van der Waals surface area (Å²) in [4.78, 5) is 25.2. The number of aromatic nitrogens is 3. The number of hydrogen-bond donors (Lipinski definition) is 4. The summed E-state index contributed by atoms with van der Waals surface area (Å²) in [6, 6.07) is 5.38. The number of benzene rings is 1. The topological polar surface area (TPSA) is 140 Å². The second kappa shape index (κ2) is 6.77. The molecule has 0 saturated heterocycles. The molecule has 11 heteroatoms. The Balaban J connectivity index is 1.64. The Morgan fingerprint density at radius 2 is 2.04 bits per heavy atom. The van der Waals surface area contributed by atoms with Crippen LogP contribution in [0.4, 0.5) is 11.6 Å². The predicted octanol–water partition coefficient (Wildman–Crippen LogP) is 1.01. The third-order valence-corrected chi connectivity index (χ3v) is 5.17. The van der Waals surface area contributed by atoms with Crippen molar-refractivity contribution >= 4 is 38.5 Å². The van der Waals surface area contributed by atoms with E-state index in [1.54, 1.807) is 11.5 Å². The molecule has 1 aliphatic rings. The lowest BCUT2D eigenvalue weighted by Gasteiger charge is -2.27. The molecule has 0 unspecified atom stereocenters. The highest BCUT2D eigenvalue weighted by Gasteiger charge is 2.23. The zero-order chi connectivity index (χ0) is 19.9. The number of nitrogens with zero attached hydrogens (tertiary/aromatic N) is 3. The summed E-state index contributed by atoms with van der Waals surface area (Å²) in [6.07, 6.45) is 4.57. The van der Waals surface area contributed by atoms with E-state index < -0.39 is 15.9 Å². The first-order chi connectivity index (χ1) is 13.3. The van der Waals surface area contributed by atoms with Gasteiger partial charge in [0.05, 0.1) is 11.8 Å². The van der Waals surface area contributed by atoms with Gasteiger partial charge < -0.3 is 9.88 Å². The summed E-state index contributed by atoms with van der Waals surface area (Å²) in [5, 5.41) is 9.61. The van der Waals surface area contributed by atoms with Crippen molar-refractivity contribution in [3.8, 4) is 0 Å². The van der Waals surface area contributed by atoms with E-state index in [2.05, 4.69) is 19.7 Å². The van der Waals surface area contributed by atoms with Crippen LogP contribution in [0.3, 0.4) is 0 Å². The third-order valence-electron chi connectivity index (χ3n) is 4.56. The molecule has 1 aliphatic heterocycles. The van der Waals surface area contributed by atoms with Crippen LogP contribution in [-0.4, -0.2) is 47.3 Å². The molecule has 3 heterocycles. The summed E-state index contributed by atoms with van der Waals surface area (Å²) in [6.45, 7) is 1.24. The molecule has 0 radical (unpaired) electrons. The molecule has 0 bridgehead atoms. The van der Waals surface area contributed by atoms with E-state index in [9.17, 15) is 13.2 Å². The molecule has 0 saturated carbocycles. The Labute approximate surface area is 160 Å². The Morgan fingerprint density at radius 3 is 2.71 bits per heavy atom. The number of carbonyl (C=O) groups is 1. The van der Waals surface area contributed by atoms with Crippen LogP contribution in [-0.2, 0) is 23.0 Å². The van der Waals surface area contributed by atoms with Gasteiger partial charge in [0, 0.05) is 59.8 Å². The number of anilines is 2. The minimum Gasteiger partial charge on any atom is -0.358 e. The lowest BCUT2D eigenvalue weighted by atomic mass is 10.0. The molecule has 4 rings (SSSR count). The van der Waals surface area contributed by atoms with Gasteiger partial charge in [-0.3, -0.25) is 14.7 Å². The Hall–Kier alpha value is -3.18. The first-order valence-electron chi connectivity index (χ1n) is 8.47. The Morgan fingerprint density at radius 1 is 1.29 bits per heavy atom. The quantitative estimate of drug-likeness (QED) is 0.377. The van der Waals surface area contributed by atoms with E-state index in [-0.39, 0.29) is 5.56 Å². The van der Waals surface area contributed by atoms with Gasteiger partial charge in [-0.15, -0.1) is 0 Å². The van der Waals surface area contributed by atoms with E-state index in [0.29, 0.717) is 24.7 Å². The number of amides is 1. The number of H-pyrrole nitrogens is 1. The van der Waals surface area contributed by atoms with Gasteiger partial charge in [0.2, 0.25) is 16.0 Å². The standard InChI is InChI=1S/C17H18N6O4S/c1-28(26,27)22-11-2-3-14-12(6-11)13-9-23(5-4-15(13)20-14)17-18-7-10(8-19-17)16(24)21-25/h2-3,6-8,20,22,25H,4-5,9H2,1H3,(H,21,24). The molecule has 1 amide bonds. The summed E-state index contributed by atoms with van der Waals surface area (Å²) in [5.41, 5.74) is 5.29. The van der Waals surface area contributed by atoms with Gasteiger partial charge in [0.15, 0.2) is 0 Å². The highest BCUT2D eigenvalue weighted by Crippen LogP contribution is 2.31. The Bertz CT molecular complexity index is 1160. The van der Waals surface area contributed by atoms with Crippen molar-refractivity contribution in [2.75, 3.05) is 22.4 Å². The number of hydroxylamine groups is 1. The number of rotatable bonds is 4. The number of fused-ring (bicyclic) bond motifs is 3. The molecule has 10 nitrogen and oxygen atoms in total. The van der Waals surface area contributed by atoms with Gasteiger partial charge in [-0.1, -0.05) is 0 Å². The van der Waals surface area contributed by atoms with Crippen LogP contribution < -0.4 is 15.1 Å². The van der Waals surface area contributed by atoms with E-state index in [1.807, 2.05) is 17.0 Å². The SMILES string of the molecule is CS(=O)(=O)Nc1ccc2[nH]c3c(c2c1)CN(c1ncc(C(=O)NO)cn1)CC3. The van der Waals surface area contributed by atoms with Crippen LogP contribution in [0.25, 0.3) is 10.9 Å². The lowest BCUT2D eigenvalue weighted by molar-refractivity contribution is 0.0705. The van der Waals surface area contributed by atoms with E-state index >= 15 is 0 Å². The zero-order valence-corrected chi connectivity index (χ0v) is 15.7. The van der Waals surface area contributed by atoms with Crippen LogP contribution >= 0.6 is 0 Å². The number of nitrogens with one attached hydrogen (secondary N) is 3. The van der Waals surface area contributed by atoms with Gasteiger partial charge in [-0.25, -0.2) is 23.9 Å². The highest BCUT2D eigenvalue weighted by molar-refractivity contribution is 7.92. The fourth-order valence-corrected chi connectivity index (χ4v) is 3.88. The van der Waals surface area contributed by atoms with Crippen molar-refractivity contribution in [2.45, 2.75) is 13.0 Å². The second-order valence-corrected chi connectivity index (χ2v) is 8.35. The molecular weight excluding hydrogens is 384 g/mol. The monoisotopic (exact) mass is 402 g/mol. The predicted molar refractivity (Wildman–Crippen MR) is 103 cm³/mol. The molecule has 0 atom stereocenters.